The van der Waals surface area contributed by atoms with Gasteiger partial charge in [-0.15, -0.1) is 0 Å². The van der Waals surface area contributed by atoms with Gasteiger partial charge in [0.05, 0.1) is 17.1 Å². The van der Waals surface area contributed by atoms with E-state index in [-0.39, 0.29) is 11.7 Å². The van der Waals surface area contributed by atoms with Gasteiger partial charge in [0.15, 0.2) is 5.75 Å². The Balaban J connectivity index is 1.59. The molecular weight excluding hydrogens is 448 g/mol. The number of ether oxygens (including phenoxy) is 1. The van der Waals surface area contributed by atoms with Crippen molar-refractivity contribution in [1.29, 1.82) is 0 Å². The highest BCUT2D eigenvalue weighted by atomic mass is 35.5. The molecule has 1 aliphatic heterocycles. The number of carbonyl (C=O) groups is 1. The van der Waals surface area contributed by atoms with E-state index in [0.29, 0.717) is 52.8 Å². The monoisotopic (exact) mass is 470 g/mol. The van der Waals surface area contributed by atoms with E-state index >= 15 is 0 Å². The number of para-hydroxylation sites is 1. The van der Waals surface area contributed by atoms with Crippen molar-refractivity contribution in [1.82, 2.24) is 0 Å². The number of rotatable bonds is 6. The fourth-order valence-electron chi connectivity index (χ4n) is 3.65. The van der Waals surface area contributed by atoms with Crippen molar-refractivity contribution in [3.63, 3.8) is 0 Å². The summed E-state index contributed by atoms with van der Waals surface area (Å²) in [6.45, 7) is 2.09. The highest BCUT2D eigenvalue weighted by Gasteiger charge is 2.26. The molecule has 1 amide bonds. The molecule has 3 aromatic carbocycles. The molecular formula is C24H23ClN2O4S. The average Bonchev–Trinajstić information content (AvgIpc) is 2.80. The molecule has 1 N–H and O–H groups in total. The Hall–Kier alpha value is -3.03. The summed E-state index contributed by atoms with van der Waals surface area (Å²) >= 11 is 6.15. The number of amides is 1. The fourth-order valence-corrected chi connectivity index (χ4v) is 5.02. The number of anilines is 2. The van der Waals surface area contributed by atoms with E-state index in [1.807, 2.05) is 30.3 Å². The van der Waals surface area contributed by atoms with Crippen LogP contribution in [0, 0.1) is 0 Å². The lowest BCUT2D eigenvalue weighted by atomic mass is 10.0. The zero-order valence-electron chi connectivity index (χ0n) is 17.5. The SMILES string of the molecule is CCS(=O)(=O)N1CCCc2cc(C(=O)Nc3cc(Cl)ccc3Oc3ccccc3)ccc21. The topological polar surface area (TPSA) is 75.7 Å². The Morgan fingerprint density at radius 2 is 1.88 bits per heavy atom. The standard InChI is InChI=1S/C24H23ClN2O4S/c1-2-32(29,30)27-14-6-7-17-15-18(10-12-22(17)27)24(28)26-21-16-19(25)11-13-23(21)31-20-8-4-3-5-9-20/h3-5,8-13,15-16H,2,6-7,14H2,1H3,(H,26,28). The van der Waals surface area contributed by atoms with Gasteiger partial charge < -0.3 is 10.1 Å². The molecule has 166 valence electrons. The molecule has 0 saturated heterocycles. The predicted octanol–water partition coefficient (Wildman–Crippen LogP) is 5.49. The van der Waals surface area contributed by atoms with E-state index in [9.17, 15) is 13.2 Å². The van der Waals surface area contributed by atoms with Gasteiger partial charge in [0.2, 0.25) is 10.0 Å². The van der Waals surface area contributed by atoms with Gasteiger partial charge in [0, 0.05) is 17.1 Å². The quantitative estimate of drug-likeness (QED) is 0.517. The normalized spacial score (nSPS) is 13.4. The van der Waals surface area contributed by atoms with Crippen LogP contribution in [0.1, 0.15) is 29.3 Å². The minimum atomic E-state index is -3.35. The van der Waals surface area contributed by atoms with Gasteiger partial charge in [-0.05, 0) is 73.9 Å². The summed E-state index contributed by atoms with van der Waals surface area (Å²) < 4.78 is 32.2. The molecule has 1 heterocycles. The van der Waals surface area contributed by atoms with Crippen LogP contribution in [-0.2, 0) is 16.4 Å². The number of hydrogen-bond donors (Lipinski definition) is 1. The molecule has 0 aliphatic carbocycles. The van der Waals surface area contributed by atoms with E-state index in [2.05, 4.69) is 5.32 Å². The second kappa shape index (κ2) is 9.22. The van der Waals surface area contributed by atoms with Crippen LogP contribution in [0.3, 0.4) is 0 Å². The summed E-state index contributed by atoms with van der Waals surface area (Å²) in [4.78, 5) is 13.0. The minimum absolute atomic E-state index is 0.0354. The molecule has 0 bridgehead atoms. The van der Waals surface area contributed by atoms with E-state index in [1.165, 1.54) is 4.31 Å². The van der Waals surface area contributed by atoms with Gasteiger partial charge >= 0.3 is 0 Å². The Bertz CT molecular complexity index is 1250. The van der Waals surface area contributed by atoms with Crippen LogP contribution in [0.2, 0.25) is 5.02 Å². The van der Waals surface area contributed by atoms with E-state index in [1.54, 1.807) is 43.3 Å². The summed E-state index contributed by atoms with van der Waals surface area (Å²) in [6.07, 6.45) is 1.42. The first kappa shape index (κ1) is 22.2. The summed E-state index contributed by atoms with van der Waals surface area (Å²) in [6, 6.07) is 19.4. The first-order chi connectivity index (χ1) is 15.4. The van der Waals surface area contributed by atoms with Crippen LogP contribution in [-0.4, -0.2) is 26.6 Å². The van der Waals surface area contributed by atoms with Crippen molar-refractivity contribution >= 4 is 38.9 Å². The van der Waals surface area contributed by atoms with Gasteiger partial charge in [0.1, 0.15) is 5.75 Å². The summed E-state index contributed by atoms with van der Waals surface area (Å²) in [5.41, 5.74) is 2.36. The molecule has 32 heavy (non-hydrogen) atoms. The third kappa shape index (κ3) is 4.74. The van der Waals surface area contributed by atoms with Crippen LogP contribution in [0.5, 0.6) is 11.5 Å². The van der Waals surface area contributed by atoms with Crippen LogP contribution in [0.25, 0.3) is 0 Å². The van der Waals surface area contributed by atoms with E-state index < -0.39 is 10.0 Å². The predicted molar refractivity (Wildman–Crippen MR) is 127 cm³/mol. The summed E-state index contributed by atoms with van der Waals surface area (Å²) in [7, 11) is -3.35. The molecule has 6 nitrogen and oxygen atoms in total. The highest BCUT2D eigenvalue weighted by Crippen LogP contribution is 2.34. The number of benzene rings is 3. The maximum atomic E-state index is 13.0. The molecule has 0 radical (unpaired) electrons. The Labute approximate surface area is 192 Å². The second-order valence-electron chi connectivity index (χ2n) is 7.43. The van der Waals surface area contributed by atoms with E-state index in [0.717, 1.165) is 5.56 Å². The van der Waals surface area contributed by atoms with Crippen molar-refractivity contribution in [2.24, 2.45) is 0 Å². The zero-order chi connectivity index (χ0) is 22.7. The summed E-state index contributed by atoms with van der Waals surface area (Å²) in [5, 5.41) is 3.33. The van der Waals surface area contributed by atoms with E-state index in [4.69, 9.17) is 16.3 Å². The number of hydrogen-bond acceptors (Lipinski definition) is 4. The zero-order valence-corrected chi connectivity index (χ0v) is 19.1. The molecule has 0 atom stereocenters. The van der Waals surface area contributed by atoms with Crippen LogP contribution in [0.4, 0.5) is 11.4 Å². The molecule has 4 rings (SSSR count). The third-order valence-electron chi connectivity index (χ3n) is 5.28. The number of aryl methyl sites for hydroxylation is 1. The first-order valence-corrected chi connectivity index (χ1v) is 12.3. The molecule has 8 heteroatoms. The first-order valence-electron chi connectivity index (χ1n) is 10.3. The number of nitrogens with zero attached hydrogens (tertiary/aromatic N) is 1. The van der Waals surface area contributed by atoms with Crippen LogP contribution < -0.4 is 14.4 Å². The molecule has 0 aromatic heterocycles. The molecule has 0 saturated carbocycles. The van der Waals surface area contributed by atoms with Gasteiger partial charge in [-0.3, -0.25) is 9.10 Å². The van der Waals surface area contributed by atoms with Gasteiger partial charge in [-0.1, -0.05) is 29.8 Å². The number of halogens is 1. The largest absolute Gasteiger partial charge is 0.455 e. The van der Waals surface area contributed by atoms with Crippen molar-refractivity contribution in [3.05, 3.63) is 82.9 Å². The molecule has 0 fully saturated rings. The second-order valence-corrected chi connectivity index (χ2v) is 10.0. The molecule has 0 spiro atoms. The van der Waals surface area contributed by atoms with Crippen LogP contribution >= 0.6 is 11.6 Å². The van der Waals surface area contributed by atoms with Gasteiger partial charge in [-0.2, -0.15) is 0 Å². The lowest BCUT2D eigenvalue weighted by Gasteiger charge is -2.30. The lowest BCUT2D eigenvalue weighted by molar-refractivity contribution is 0.102. The number of sulfonamides is 1. The van der Waals surface area contributed by atoms with Crippen molar-refractivity contribution in [2.75, 3.05) is 21.9 Å². The number of carbonyl (C=O) groups excluding carboxylic acids is 1. The highest BCUT2D eigenvalue weighted by molar-refractivity contribution is 7.92. The van der Waals surface area contributed by atoms with Gasteiger partial charge in [-0.25, -0.2) is 8.42 Å². The van der Waals surface area contributed by atoms with Crippen molar-refractivity contribution in [3.8, 4) is 11.5 Å². The Kier molecular flexibility index (Phi) is 6.39. The van der Waals surface area contributed by atoms with Crippen molar-refractivity contribution < 1.29 is 17.9 Å². The third-order valence-corrected chi connectivity index (χ3v) is 7.29. The number of fused-ring (bicyclic) bond motifs is 1. The maximum Gasteiger partial charge on any atom is 0.255 e. The maximum absolute atomic E-state index is 13.0. The van der Waals surface area contributed by atoms with Crippen LogP contribution in [0.15, 0.2) is 66.7 Å². The van der Waals surface area contributed by atoms with Crippen molar-refractivity contribution in [2.45, 2.75) is 19.8 Å². The average molecular weight is 471 g/mol. The number of nitrogens with one attached hydrogen (secondary N) is 1. The summed E-state index contributed by atoms with van der Waals surface area (Å²) in [5.74, 6) is 0.806. The van der Waals surface area contributed by atoms with Gasteiger partial charge in [0.25, 0.3) is 5.91 Å². The molecule has 1 aliphatic rings. The minimum Gasteiger partial charge on any atom is -0.455 e. The Morgan fingerprint density at radius 3 is 2.62 bits per heavy atom. The molecule has 0 unspecified atom stereocenters. The Morgan fingerprint density at radius 1 is 1.09 bits per heavy atom. The molecule has 3 aromatic rings. The smallest absolute Gasteiger partial charge is 0.255 e. The lowest BCUT2D eigenvalue weighted by Crippen LogP contribution is -2.36. The fraction of sp³-hybridized carbons (Fsp3) is 0.208.